The third-order valence-corrected chi connectivity index (χ3v) is 8.62. The number of quaternary nitrogens is 1. The van der Waals surface area contributed by atoms with Crippen molar-refractivity contribution in [3.8, 4) is 0 Å². The van der Waals surface area contributed by atoms with Crippen LogP contribution >= 0.6 is 22.7 Å². The monoisotopic (exact) mass is 584 g/mol. The number of alkyl halides is 3. The van der Waals surface area contributed by atoms with Gasteiger partial charge in [0.1, 0.15) is 12.4 Å². The van der Waals surface area contributed by atoms with Crippen molar-refractivity contribution in [3.05, 3.63) is 80.4 Å². The Kier molecular flexibility index (Phi) is 8.57. The number of ketones is 1. The fourth-order valence-electron chi connectivity index (χ4n) is 4.68. The van der Waals surface area contributed by atoms with Crippen molar-refractivity contribution in [1.82, 2.24) is 0 Å². The number of thiophene rings is 2. The molecule has 0 aliphatic carbocycles. The van der Waals surface area contributed by atoms with Crippen LogP contribution in [0.4, 0.5) is 17.6 Å². The predicted molar refractivity (Wildman–Crippen MR) is 137 cm³/mol. The van der Waals surface area contributed by atoms with Gasteiger partial charge in [-0.05, 0) is 47.2 Å². The molecule has 0 saturated carbocycles. The van der Waals surface area contributed by atoms with Crippen molar-refractivity contribution >= 4 is 40.4 Å². The molecule has 0 N–H and O–H groups in total. The van der Waals surface area contributed by atoms with E-state index >= 15 is 0 Å². The first-order chi connectivity index (χ1) is 18.4. The number of hydrogen-bond acceptors (Lipinski definition) is 7. The Hall–Kier alpha value is -3.09. The van der Waals surface area contributed by atoms with Gasteiger partial charge in [0.15, 0.2) is 11.9 Å². The lowest BCUT2D eigenvalue weighted by molar-refractivity contribution is -0.899. The Balaban J connectivity index is 1.46. The second-order valence-electron chi connectivity index (χ2n) is 9.62. The van der Waals surface area contributed by atoms with E-state index in [1.165, 1.54) is 36.4 Å². The Morgan fingerprint density at radius 2 is 1.59 bits per heavy atom. The average Bonchev–Trinajstić information content (AvgIpc) is 3.66. The maximum atomic E-state index is 13.6. The zero-order valence-electron chi connectivity index (χ0n) is 20.9. The number of esters is 2. The highest BCUT2D eigenvalue weighted by Crippen LogP contribution is 2.42. The van der Waals surface area contributed by atoms with Crippen LogP contribution < -0.4 is 0 Å². The Morgan fingerprint density at radius 1 is 0.974 bits per heavy atom. The molecule has 3 heterocycles. The van der Waals surface area contributed by atoms with E-state index in [4.69, 9.17) is 9.47 Å². The smallest absolute Gasteiger partial charge is 0.453 e. The summed E-state index contributed by atoms with van der Waals surface area (Å²) in [5, 5.41) is 3.15. The predicted octanol–water partition coefficient (Wildman–Crippen LogP) is 5.72. The highest BCUT2D eigenvalue weighted by Gasteiger charge is 2.55. The molecule has 3 aromatic rings. The van der Waals surface area contributed by atoms with E-state index < -0.39 is 35.6 Å². The van der Waals surface area contributed by atoms with Gasteiger partial charge < -0.3 is 14.0 Å². The summed E-state index contributed by atoms with van der Waals surface area (Å²) in [5.41, 5.74) is -1.96. The minimum atomic E-state index is -5.31. The average molecular weight is 585 g/mol. The topological polar surface area (TPSA) is 69.7 Å². The number of likely N-dealkylation sites (tertiary alicyclic amines) is 1. The number of Topliss-reactive ketones (excluding diaryl/α,β-unsaturated/α-hetero) is 1. The lowest BCUT2D eigenvalue weighted by Crippen LogP contribution is -2.47. The summed E-state index contributed by atoms with van der Waals surface area (Å²) < 4.78 is 64.1. The molecular formula is C27H26F4NO5S2+. The first-order valence-corrected chi connectivity index (χ1v) is 13.9. The second-order valence-corrected chi connectivity index (χ2v) is 11.5. The molecule has 0 spiro atoms. The van der Waals surface area contributed by atoms with Crippen LogP contribution in [0.25, 0.3) is 0 Å². The van der Waals surface area contributed by atoms with Gasteiger partial charge in [-0.2, -0.15) is 13.2 Å². The summed E-state index contributed by atoms with van der Waals surface area (Å²) >= 11 is 1.97. The standard InChI is InChI=1S/C27H26F4NO5S2/c1-32(13-2-5-21(33)18-8-10-19(28)11-9-18)14-12-20(17-32)36-24(34)26(22-6-3-15-38-22,23-7-4-16-39-23)37-25(35)27(29,30)31/h3-4,6-11,15-16,20H,2,5,12-14,17H2,1H3/q+1. The van der Waals surface area contributed by atoms with Gasteiger partial charge in [0.25, 0.3) is 5.60 Å². The molecular weight excluding hydrogens is 558 g/mol. The highest BCUT2D eigenvalue weighted by atomic mass is 32.1. The summed E-state index contributed by atoms with van der Waals surface area (Å²) in [6, 6.07) is 11.3. The fraction of sp³-hybridized carbons (Fsp3) is 0.370. The van der Waals surface area contributed by atoms with Crippen molar-refractivity contribution in [2.45, 2.75) is 37.1 Å². The highest BCUT2D eigenvalue weighted by molar-refractivity contribution is 7.12. The van der Waals surface area contributed by atoms with Crippen molar-refractivity contribution in [2.24, 2.45) is 0 Å². The van der Waals surface area contributed by atoms with Crippen LogP contribution in [0.5, 0.6) is 0 Å². The number of rotatable bonds is 10. The van der Waals surface area contributed by atoms with Crippen LogP contribution in [0.2, 0.25) is 0 Å². The molecule has 208 valence electrons. The van der Waals surface area contributed by atoms with Crippen LogP contribution in [0.1, 0.15) is 39.4 Å². The van der Waals surface area contributed by atoms with E-state index in [0.29, 0.717) is 42.5 Å². The molecule has 2 atom stereocenters. The molecule has 2 unspecified atom stereocenters. The number of likely N-dealkylation sites (N-methyl/N-ethyl adjacent to an activating group) is 1. The number of nitrogens with zero attached hydrogens (tertiary/aromatic N) is 1. The van der Waals surface area contributed by atoms with Gasteiger partial charge in [0, 0.05) is 24.8 Å². The van der Waals surface area contributed by atoms with E-state index in [1.54, 1.807) is 22.9 Å². The van der Waals surface area contributed by atoms with E-state index in [2.05, 4.69) is 0 Å². The van der Waals surface area contributed by atoms with Crippen LogP contribution in [-0.4, -0.2) is 61.2 Å². The zero-order chi connectivity index (χ0) is 28.3. The SMILES string of the molecule is C[N+]1(CCCC(=O)c2ccc(F)cc2)CCC(OC(=O)C(OC(=O)C(F)(F)F)(c2cccs2)c2cccs2)C1. The summed E-state index contributed by atoms with van der Waals surface area (Å²) in [6.45, 7) is 1.61. The van der Waals surface area contributed by atoms with Gasteiger partial charge in [0.05, 0.1) is 29.9 Å². The maximum Gasteiger partial charge on any atom is 0.490 e. The normalized spacial score (nSPS) is 19.6. The molecule has 0 bridgehead atoms. The molecule has 0 radical (unpaired) electrons. The zero-order valence-corrected chi connectivity index (χ0v) is 22.5. The van der Waals surface area contributed by atoms with Crippen molar-refractivity contribution < 1.29 is 45.9 Å². The fourth-order valence-corrected chi connectivity index (χ4v) is 6.47. The van der Waals surface area contributed by atoms with E-state index in [0.717, 1.165) is 22.7 Å². The van der Waals surface area contributed by atoms with Gasteiger partial charge >= 0.3 is 18.1 Å². The summed E-state index contributed by atoms with van der Waals surface area (Å²) in [7, 11) is 1.95. The number of benzene rings is 1. The minimum Gasteiger partial charge on any atom is -0.453 e. The number of ether oxygens (including phenoxy) is 2. The van der Waals surface area contributed by atoms with Crippen molar-refractivity contribution in [2.75, 3.05) is 26.7 Å². The second kappa shape index (κ2) is 11.6. The molecule has 2 aromatic heterocycles. The molecule has 1 saturated heterocycles. The lowest BCUT2D eigenvalue weighted by atomic mass is 9.99. The number of carbonyl (C=O) groups excluding carboxylic acids is 3. The van der Waals surface area contributed by atoms with Crippen LogP contribution in [0.3, 0.4) is 0 Å². The van der Waals surface area contributed by atoms with Gasteiger partial charge in [-0.25, -0.2) is 14.0 Å². The number of carbonyl (C=O) groups is 3. The largest absolute Gasteiger partial charge is 0.490 e. The van der Waals surface area contributed by atoms with Crippen LogP contribution in [0.15, 0.2) is 59.3 Å². The number of halogens is 4. The van der Waals surface area contributed by atoms with E-state index in [9.17, 15) is 31.9 Å². The van der Waals surface area contributed by atoms with E-state index in [-0.39, 0.29) is 22.0 Å². The Bertz CT molecular complexity index is 1260. The van der Waals surface area contributed by atoms with E-state index in [1.807, 2.05) is 7.05 Å². The molecule has 6 nitrogen and oxygen atoms in total. The molecule has 1 aromatic carbocycles. The van der Waals surface area contributed by atoms with Crippen molar-refractivity contribution in [3.63, 3.8) is 0 Å². The van der Waals surface area contributed by atoms with Crippen molar-refractivity contribution in [1.29, 1.82) is 0 Å². The molecule has 1 aliphatic rings. The van der Waals surface area contributed by atoms with Gasteiger partial charge in [-0.1, -0.05) is 12.1 Å². The first kappa shape index (κ1) is 28.9. The third kappa shape index (κ3) is 6.56. The Morgan fingerprint density at radius 3 is 2.13 bits per heavy atom. The lowest BCUT2D eigenvalue weighted by Gasteiger charge is -2.32. The minimum absolute atomic E-state index is 0.0992. The molecule has 4 rings (SSSR count). The molecule has 12 heteroatoms. The third-order valence-electron chi connectivity index (χ3n) is 6.68. The quantitative estimate of drug-likeness (QED) is 0.132. The number of hydrogen-bond donors (Lipinski definition) is 0. The summed E-state index contributed by atoms with van der Waals surface area (Å²) in [6.07, 6.45) is -4.68. The van der Waals surface area contributed by atoms with Crippen LogP contribution in [-0.2, 0) is 24.7 Å². The molecule has 0 amide bonds. The van der Waals surface area contributed by atoms with Gasteiger partial charge in [-0.15, -0.1) is 22.7 Å². The molecule has 1 aliphatic heterocycles. The maximum absolute atomic E-state index is 13.6. The van der Waals surface area contributed by atoms with Gasteiger partial charge in [0.2, 0.25) is 0 Å². The molecule has 39 heavy (non-hydrogen) atoms. The Labute approximate surface area is 230 Å². The van der Waals surface area contributed by atoms with Crippen LogP contribution in [0, 0.1) is 5.82 Å². The molecule has 1 fully saturated rings. The summed E-state index contributed by atoms with van der Waals surface area (Å²) in [5.74, 6) is -4.10. The van der Waals surface area contributed by atoms with Gasteiger partial charge in [-0.3, -0.25) is 4.79 Å². The summed E-state index contributed by atoms with van der Waals surface area (Å²) in [4.78, 5) is 38.3. The first-order valence-electron chi connectivity index (χ1n) is 12.1.